The minimum absolute atomic E-state index is 0.256. The number of esters is 1. The highest BCUT2D eigenvalue weighted by atomic mass is 35.5. The summed E-state index contributed by atoms with van der Waals surface area (Å²) in [6, 6.07) is 25.8. The molecule has 0 saturated carbocycles. The summed E-state index contributed by atoms with van der Waals surface area (Å²) < 4.78 is 7.31. The van der Waals surface area contributed by atoms with Crippen LogP contribution in [0.4, 0.5) is 5.69 Å². The van der Waals surface area contributed by atoms with Crippen LogP contribution in [0.1, 0.15) is 35.3 Å². The van der Waals surface area contributed by atoms with Crippen molar-refractivity contribution < 1.29 is 19.1 Å². The molecule has 2 N–H and O–H groups in total. The molecular weight excluding hydrogens is 661 g/mol. The van der Waals surface area contributed by atoms with Gasteiger partial charge in [0.25, 0.3) is 11.8 Å². The minimum atomic E-state index is -0.590. The summed E-state index contributed by atoms with van der Waals surface area (Å²) in [5, 5.41) is 9.61. The number of amides is 2. The van der Waals surface area contributed by atoms with E-state index in [-0.39, 0.29) is 11.7 Å². The van der Waals surface area contributed by atoms with Gasteiger partial charge in [-0.05, 0) is 54.6 Å². The van der Waals surface area contributed by atoms with Crippen LogP contribution in [-0.4, -0.2) is 24.0 Å². The van der Waals surface area contributed by atoms with E-state index in [0.717, 1.165) is 20.2 Å². The summed E-state index contributed by atoms with van der Waals surface area (Å²) >= 11 is 21.4. The molecule has 4 aromatic carbocycles. The van der Waals surface area contributed by atoms with Crippen LogP contribution in [0.2, 0.25) is 15.1 Å². The maximum atomic E-state index is 12.9. The van der Waals surface area contributed by atoms with Crippen LogP contribution in [0.3, 0.4) is 0 Å². The monoisotopic (exact) mass is 677 g/mol. The lowest BCUT2D eigenvalue weighted by molar-refractivity contribution is 0.0739. The number of hydrogen-bond acceptors (Lipinski definition) is 7. The van der Waals surface area contributed by atoms with Gasteiger partial charge in [0.05, 0.1) is 16.3 Å². The van der Waals surface area contributed by atoms with Crippen molar-refractivity contribution in [3.05, 3.63) is 127 Å². The molecule has 7 nitrogen and oxygen atoms in total. The van der Waals surface area contributed by atoms with Crippen LogP contribution in [0.25, 0.3) is 20.2 Å². The lowest BCUT2D eigenvalue weighted by Gasteiger charge is -2.07. The van der Waals surface area contributed by atoms with E-state index in [2.05, 4.69) is 15.8 Å². The second kappa shape index (κ2) is 12.8. The Hall–Kier alpha value is -4.25. The van der Waals surface area contributed by atoms with Crippen molar-refractivity contribution in [3.63, 3.8) is 0 Å². The summed E-state index contributed by atoms with van der Waals surface area (Å²) in [4.78, 5) is 39.1. The number of thiophene rings is 2. The van der Waals surface area contributed by atoms with E-state index in [4.69, 9.17) is 39.5 Å². The molecule has 6 rings (SSSR count). The first-order valence-corrected chi connectivity index (χ1v) is 15.7. The number of hydrazone groups is 1. The summed E-state index contributed by atoms with van der Waals surface area (Å²) in [5.74, 6) is -1.18. The van der Waals surface area contributed by atoms with Gasteiger partial charge in [-0.15, -0.1) is 22.7 Å². The van der Waals surface area contributed by atoms with Crippen molar-refractivity contribution in [3.8, 4) is 5.75 Å². The standard InChI is InChI=1S/C32H18Cl3N3O4S2/c33-19-11-14-22-25(15-19)44-28(26(22)34)31(40)37-20-12-9-17(10-13-20)30(39)38-36-16-18-5-1-3-7-23(18)42-32(41)29-27(35)21-6-2-4-8-24(21)43-29/h1-16H,(H,37,40)(H,38,39)/b36-16-. The van der Waals surface area contributed by atoms with Crippen molar-refractivity contribution >= 4 is 107 Å². The van der Waals surface area contributed by atoms with Gasteiger partial charge in [0.1, 0.15) is 15.5 Å². The lowest BCUT2D eigenvalue weighted by Crippen LogP contribution is -2.18. The van der Waals surface area contributed by atoms with Crippen LogP contribution in [0.5, 0.6) is 5.75 Å². The highest BCUT2D eigenvalue weighted by Gasteiger charge is 2.20. The average Bonchev–Trinajstić information content (AvgIpc) is 3.54. The molecule has 0 aliphatic rings. The SMILES string of the molecule is O=C(N/N=C\c1ccccc1OC(=O)c1sc2ccccc2c1Cl)c1ccc(NC(=O)c2sc3cc(Cl)ccc3c2Cl)cc1. The number of halogens is 3. The van der Waals surface area contributed by atoms with E-state index >= 15 is 0 Å². The molecule has 0 aliphatic heterocycles. The van der Waals surface area contributed by atoms with Crippen molar-refractivity contribution in [1.82, 2.24) is 5.43 Å². The highest BCUT2D eigenvalue weighted by molar-refractivity contribution is 7.22. The third-order valence-electron chi connectivity index (χ3n) is 6.41. The van der Waals surface area contributed by atoms with Crippen molar-refractivity contribution in [2.45, 2.75) is 0 Å². The van der Waals surface area contributed by atoms with Gasteiger partial charge in [0, 0.05) is 42.0 Å². The van der Waals surface area contributed by atoms with E-state index in [9.17, 15) is 14.4 Å². The first kappa shape index (κ1) is 29.8. The Morgan fingerprint density at radius 3 is 2.20 bits per heavy atom. The van der Waals surface area contributed by atoms with Gasteiger partial charge in [0.2, 0.25) is 0 Å². The predicted molar refractivity (Wildman–Crippen MR) is 180 cm³/mol. The first-order chi connectivity index (χ1) is 21.3. The number of carbonyl (C=O) groups is 3. The van der Waals surface area contributed by atoms with E-state index in [1.54, 1.807) is 66.7 Å². The van der Waals surface area contributed by atoms with Crippen molar-refractivity contribution in [2.24, 2.45) is 5.10 Å². The molecule has 0 bridgehead atoms. The fourth-order valence-corrected chi connectivity index (χ4v) is 7.35. The van der Waals surface area contributed by atoms with Gasteiger partial charge in [0.15, 0.2) is 0 Å². The molecule has 44 heavy (non-hydrogen) atoms. The van der Waals surface area contributed by atoms with Gasteiger partial charge in [-0.2, -0.15) is 5.10 Å². The molecule has 218 valence electrons. The number of para-hydroxylation sites is 1. The smallest absolute Gasteiger partial charge is 0.355 e. The number of rotatable bonds is 7. The number of fused-ring (bicyclic) bond motifs is 2. The van der Waals surface area contributed by atoms with Gasteiger partial charge < -0.3 is 10.1 Å². The van der Waals surface area contributed by atoms with E-state index in [1.165, 1.54) is 28.9 Å². The molecule has 0 saturated heterocycles. The van der Waals surface area contributed by atoms with Gasteiger partial charge >= 0.3 is 5.97 Å². The van der Waals surface area contributed by atoms with Crippen LogP contribution >= 0.6 is 57.5 Å². The highest BCUT2D eigenvalue weighted by Crippen LogP contribution is 2.38. The lowest BCUT2D eigenvalue weighted by atomic mass is 10.2. The number of carbonyl (C=O) groups excluding carboxylic acids is 3. The fourth-order valence-electron chi connectivity index (χ4n) is 4.27. The summed E-state index contributed by atoms with van der Waals surface area (Å²) in [6.07, 6.45) is 1.38. The minimum Gasteiger partial charge on any atom is -0.422 e. The summed E-state index contributed by atoms with van der Waals surface area (Å²) in [7, 11) is 0. The molecule has 0 aliphatic carbocycles. The van der Waals surface area contributed by atoms with Crippen LogP contribution < -0.4 is 15.5 Å². The second-order valence-electron chi connectivity index (χ2n) is 9.28. The Kier molecular flexibility index (Phi) is 8.65. The van der Waals surface area contributed by atoms with Crippen LogP contribution in [0.15, 0.2) is 96.1 Å². The summed E-state index contributed by atoms with van der Waals surface area (Å²) in [5.41, 5.74) is 3.72. The topological polar surface area (TPSA) is 96.9 Å². The molecule has 0 atom stereocenters. The molecule has 0 unspecified atom stereocenters. The normalized spacial score (nSPS) is 11.2. The van der Waals surface area contributed by atoms with Crippen LogP contribution in [0, 0.1) is 0 Å². The molecule has 12 heteroatoms. The molecule has 2 heterocycles. The Balaban J connectivity index is 1.09. The van der Waals surface area contributed by atoms with Crippen molar-refractivity contribution in [2.75, 3.05) is 5.32 Å². The van der Waals surface area contributed by atoms with Crippen molar-refractivity contribution in [1.29, 1.82) is 0 Å². The maximum Gasteiger partial charge on any atom is 0.355 e. The fraction of sp³-hybridized carbons (Fsp3) is 0. The first-order valence-electron chi connectivity index (χ1n) is 12.9. The summed E-state index contributed by atoms with van der Waals surface area (Å²) in [6.45, 7) is 0. The number of benzene rings is 4. The largest absolute Gasteiger partial charge is 0.422 e. The Morgan fingerprint density at radius 2 is 1.41 bits per heavy atom. The van der Waals surface area contributed by atoms with E-state index in [0.29, 0.717) is 41.6 Å². The molecular formula is C32H18Cl3N3O4S2. The van der Waals surface area contributed by atoms with E-state index < -0.39 is 11.9 Å². The Morgan fingerprint density at radius 1 is 0.727 bits per heavy atom. The maximum absolute atomic E-state index is 12.9. The predicted octanol–water partition coefficient (Wildman–Crippen LogP) is 9.31. The number of hydrogen-bond donors (Lipinski definition) is 2. The molecule has 0 spiro atoms. The Labute approximate surface area is 273 Å². The zero-order valence-electron chi connectivity index (χ0n) is 22.3. The number of ether oxygens (including phenoxy) is 1. The number of nitrogens with zero attached hydrogens (tertiary/aromatic N) is 1. The number of nitrogens with one attached hydrogen (secondary N) is 2. The molecule has 2 aromatic heterocycles. The quantitative estimate of drug-likeness (QED) is 0.0761. The van der Waals surface area contributed by atoms with Gasteiger partial charge in [-0.25, -0.2) is 10.2 Å². The average molecular weight is 679 g/mol. The van der Waals surface area contributed by atoms with E-state index in [1.807, 2.05) is 24.3 Å². The van der Waals surface area contributed by atoms with Gasteiger partial charge in [-0.1, -0.05) is 71.2 Å². The third kappa shape index (κ3) is 6.19. The molecule has 6 aromatic rings. The molecule has 0 fully saturated rings. The van der Waals surface area contributed by atoms with Crippen LogP contribution in [-0.2, 0) is 0 Å². The molecule has 0 radical (unpaired) electrons. The Bertz CT molecular complexity index is 2110. The second-order valence-corrected chi connectivity index (χ2v) is 12.6. The molecule has 2 amide bonds. The zero-order valence-corrected chi connectivity index (χ0v) is 26.2. The third-order valence-corrected chi connectivity index (χ3v) is 9.96. The number of anilines is 1. The zero-order chi connectivity index (χ0) is 30.8. The van der Waals surface area contributed by atoms with Gasteiger partial charge in [-0.3, -0.25) is 9.59 Å².